The van der Waals surface area contributed by atoms with Crippen LogP contribution in [0, 0.1) is 0 Å². The number of benzene rings is 2. The number of carbonyl (C=O) groups is 1. The summed E-state index contributed by atoms with van der Waals surface area (Å²) in [4.78, 5) is 12.3. The van der Waals surface area contributed by atoms with Gasteiger partial charge in [-0.25, -0.2) is 8.42 Å². The molecule has 0 unspecified atom stereocenters. The second-order valence-electron chi connectivity index (χ2n) is 5.51. The summed E-state index contributed by atoms with van der Waals surface area (Å²) in [5.74, 6) is 1.12. The van der Waals surface area contributed by atoms with Gasteiger partial charge in [0.15, 0.2) is 21.3 Å². The van der Waals surface area contributed by atoms with Crippen LogP contribution in [0.1, 0.15) is 15.9 Å². The molecule has 0 fully saturated rings. The molecule has 0 saturated heterocycles. The minimum Gasteiger partial charge on any atom is -0.495 e. The number of rotatable bonds is 5. The lowest BCUT2D eigenvalue weighted by atomic mass is 10.1. The molecule has 3 rings (SSSR count). The van der Waals surface area contributed by atoms with Crippen LogP contribution in [0.2, 0.25) is 0 Å². The first-order valence-corrected chi connectivity index (χ1v) is 9.32. The summed E-state index contributed by atoms with van der Waals surface area (Å²) in [5, 5.41) is 2.75. The minimum atomic E-state index is -3.51. The molecular formula is C17H17NO6S. The van der Waals surface area contributed by atoms with Crippen molar-refractivity contribution in [3.63, 3.8) is 0 Å². The maximum absolute atomic E-state index is 12.3. The molecule has 1 N–H and O–H groups in total. The number of fused-ring (bicyclic) bond motifs is 1. The first-order chi connectivity index (χ1) is 11.9. The summed E-state index contributed by atoms with van der Waals surface area (Å²) >= 11 is 0. The van der Waals surface area contributed by atoms with Gasteiger partial charge < -0.3 is 19.5 Å². The fourth-order valence-corrected chi connectivity index (χ4v) is 3.30. The van der Waals surface area contributed by atoms with Crippen LogP contribution in [-0.4, -0.2) is 34.5 Å². The fraction of sp³-hybridized carbons (Fsp3) is 0.235. The van der Waals surface area contributed by atoms with Crippen molar-refractivity contribution in [2.75, 3.05) is 20.2 Å². The number of hydrogen-bond acceptors (Lipinski definition) is 6. The van der Waals surface area contributed by atoms with Gasteiger partial charge in [0.25, 0.3) is 5.91 Å². The van der Waals surface area contributed by atoms with Crippen molar-refractivity contribution in [3.8, 4) is 17.2 Å². The van der Waals surface area contributed by atoms with Gasteiger partial charge in [-0.3, -0.25) is 4.79 Å². The van der Waals surface area contributed by atoms with E-state index >= 15 is 0 Å². The summed E-state index contributed by atoms with van der Waals surface area (Å²) in [5.41, 5.74) is 1.08. The Bertz CT molecular complexity index is 923. The summed E-state index contributed by atoms with van der Waals surface area (Å²) < 4.78 is 39.2. The van der Waals surface area contributed by atoms with Crippen molar-refractivity contribution < 1.29 is 27.4 Å². The third-order valence-electron chi connectivity index (χ3n) is 3.72. The second-order valence-corrected chi connectivity index (χ2v) is 7.49. The van der Waals surface area contributed by atoms with E-state index in [4.69, 9.17) is 14.2 Å². The molecule has 132 valence electrons. The molecule has 0 atom stereocenters. The predicted octanol–water partition coefficient (Wildman–Crippen LogP) is 1.76. The zero-order valence-electron chi connectivity index (χ0n) is 13.7. The molecule has 0 aromatic heterocycles. The summed E-state index contributed by atoms with van der Waals surface area (Å²) in [6.45, 7) is 0.459. The van der Waals surface area contributed by atoms with Crippen molar-refractivity contribution in [2.24, 2.45) is 0 Å². The lowest BCUT2D eigenvalue weighted by Crippen LogP contribution is -2.23. The molecule has 0 radical (unpaired) electrons. The van der Waals surface area contributed by atoms with E-state index in [9.17, 15) is 13.2 Å². The van der Waals surface area contributed by atoms with Crippen LogP contribution in [0.15, 0.2) is 41.3 Å². The van der Waals surface area contributed by atoms with Crippen LogP contribution < -0.4 is 19.5 Å². The molecule has 7 nitrogen and oxygen atoms in total. The van der Waals surface area contributed by atoms with Crippen molar-refractivity contribution in [1.82, 2.24) is 5.32 Å². The zero-order valence-corrected chi connectivity index (χ0v) is 14.6. The summed E-state index contributed by atoms with van der Waals surface area (Å²) in [6.07, 6.45) is 1.07. The molecule has 2 aromatic carbocycles. The van der Waals surface area contributed by atoms with Gasteiger partial charge in [-0.2, -0.15) is 0 Å². The Balaban J connectivity index is 1.75. The SMILES string of the molecule is COc1ccc(C(=O)NCc2ccc3c(c2)OCO3)cc1S(C)(=O)=O. The Morgan fingerprint density at radius 3 is 2.64 bits per heavy atom. The number of ether oxygens (including phenoxy) is 3. The second kappa shape index (κ2) is 6.64. The van der Waals surface area contributed by atoms with Crippen molar-refractivity contribution in [2.45, 2.75) is 11.4 Å². The third kappa shape index (κ3) is 3.69. The standard InChI is InChI=1S/C17H17NO6S/c1-22-14-6-4-12(8-16(14)25(2,20)21)17(19)18-9-11-3-5-13-15(7-11)24-10-23-13/h3-8H,9-10H2,1-2H3,(H,18,19). The fourth-order valence-electron chi connectivity index (χ4n) is 2.44. The highest BCUT2D eigenvalue weighted by atomic mass is 32.2. The summed E-state index contributed by atoms with van der Waals surface area (Å²) in [7, 11) is -2.13. The van der Waals surface area contributed by atoms with Crippen molar-refractivity contribution >= 4 is 15.7 Å². The number of nitrogens with one attached hydrogen (secondary N) is 1. The van der Waals surface area contributed by atoms with Gasteiger partial charge in [0.2, 0.25) is 6.79 Å². The third-order valence-corrected chi connectivity index (χ3v) is 4.83. The van der Waals surface area contributed by atoms with Gasteiger partial charge in [-0.15, -0.1) is 0 Å². The largest absolute Gasteiger partial charge is 0.495 e. The smallest absolute Gasteiger partial charge is 0.251 e. The van der Waals surface area contributed by atoms with Crippen LogP contribution in [0.4, 0.5) is 0 Å². The van der Waals surface area contributed by atoms with Crippen molar-refractivity contribution in [1.29, 1.82) is 0 Å². The Labute approximate surface area is 145 Å². The average Bonchev–Trinajstić information content (AvgIpc) is 3.06. The molecule has 8 heteroatoms. The highest BCUT2D eigenvalue weighted by molar-refractivity contribution is 7.90. The van der Waals surface area contributed by atoms with Gasteiger partial charge in [-0.05, 0) is 35.9 Å². The van der Waals surface area contributed by atoms with E-state index in [1.807, 2.05) is 6.07 Å². The monoisotopic (exact) mass is 363 g/mol. The Kier molecular flexibility index (Phi) is 4.54. The Morgan fingerprint density at radius 1 is 1.16 bits per heavy atom. The average molecular weight is 363 g/mol. The number of sulfone groups is 1. The highest BCUT2D eigenvalue weighted by Crippen LogP contribution is 2.32. The highest BCUT2D eigenvalue weighted by Gasteiger charge is 2.18. The van der Waals surface area contributed by atoms with E-state index < -0.39 is 9.84 Å². The van der Waals surface area contributed by atoms with Gasteiger partial charge in [0.05, 0.1) is 7.11 Å². The molecule has 1 heterocycles. The lowest BCUT2D eigenvalue weighted by Gasteiger charge is -2.10. The first-order valence-electron chi connectivity index (χ1n) is 7.43. The quantitative estimate of drug-likeness (QED) is 0.870. The van der Waals surface area contributed by atoms with Crippen LogP contribution in [0.3, 0.4) is 0 Å². The van der Waals surface area contributed by atoms with E-state index in [1.165, 1.54) is 25.3 Å². The van der Waals surface area contributed by atoms with Crippen LogP contribution in [0.25, 0.3) is 0 Å². The molecule has 25 heavy (non-hydrogen) atoms. The number of amides is 1. The first kappa shape index (κ1) is 17.1. The molecule has 1 amide bonds. The Hall–Kier alpha value is -2.74. The lowest BCUT2D eigenvalue weighted by molar-refractivity contribution is 0.0950. The minimum absolute atomic E-state index is 0.0225. The van der Waals surface area contributed by atoms with E-state index in [2.05, 4.69) is 5.32 Å². The Morgan fingerprint density at radius 2 is 1.92 bits per heavy atom. The van der Waals surface area contributed by atoms with Crippen LogP contribution >= 0.6 is 0 Å². The molecule has 1 aliphatic heterocycles. The summed E-state index contributed by atoms with van der Waals surface area (Å²) in [6, 6.07) is 9.68. The molecule has 0 saturated carbocycles. The molecule has 0 aliphatic carbocycles. The van der Waals surface area contributed by atoms with E-state index in [1.54, 1.807) is 12.1 Å². The number of carbonyl (C=O) groups excluding carboxylic acids is 1. The van der Waals surface area contributed by atoms with Crippen LogP contribution in [0.5, 0.6) is 17.2 Å². The normalized spacial score (nSPS) is 12.7. The van der Waals surface area contributed by atoms with E-state index in [0.29, 0.717) is 11.5 Å². The zero-order chi connectivity index (χ0) is 18.0. The van der Waals surface area contributed by atoms with E-state index in [0.717, 1.165) is 11.8 Å². The molecule has 1 aliphatic rings. The van der Waals surface area contributed by atoms with E-state index in [-0.39, 0.29) is 35.5 Å². The molecular weight excluding hydrogens is 346 g/mol. The van der Waals surface area contributed by atoms with Gasteiger partial charge in [0.1, 0.15) is 10.6 Å². The maximum Gasteiger partial charge on any atom is 0.251 e. The molecule has 0 bridgehead atoms. The molecule has 0 spiro atoms. The number of hydrogen-bond donors (Lipinski definition) is 1. The van der Waals surface area contributed by atoms with Gasteiger partial charge in [0, 0.05) is 18.4 Å². The van der Waals surface area contributed by atoms with Gasteiger partial charge >= 0.3 is 0 Å². The topological polar surface area (TPSA) is 90.9 Å². The van der Waals surface area contributed by atoms with Crippen LogP contribution in [-0.2, 0) is 16.4 Å². The number of methoxy groups -OCH3 is 1. The molecule has 2 aromatic rings. The van der Waals surface area contributed by atoms with Crippen molar-refractivity contribution in [3.05, 3.63) is 47.5 Å². The maximum atomic E-state index is 12.3. The van der Waals surface area contributed by atoms with Gasteiger partial charge in [-0.1, -0.05) is 6.07 Å². The predicted molar refractivity (Wildman–Crippen MR) is 89.8 cm³/mol.